The molecule has 1 rings (SSSR count). The Labute approximate surface area is 172 Å². The summed E-state index contributed by atoms with van der Waals surface area (Å²) in [6.07, 6.45) is 18.1. The molecule has 1 aliphatic heterocycles. The molecule has 0 aromatic heterocycles. The van der Waals surface area contributed by atoms with Crippen molar-refractivity contribution in [1.82, 2.24) is 0 Å². The molecule has 1 heterocycles. The third-order valence-electron chi connectivity index (χ3n) is 5.46. The van der Waals surface area contributed by atoms with Crippen LogP contribution in [0.5, 0.6) is 0 Å². The van der Waals surface area contributed by atoms with Gasteiger partial charge in [-0.3, -0.25) is 0 Å². The number of hydrogen-bond acceptors (Lipinski definition) is 5. The summed E-state index contributed by atoms with van der Waals surface area (Å²) in [6, 6.07) is 0. The van der Waals surface area contributed by atoms with Gasteiger partial charge in [-0.1, -0.05) is 76.9 Å². The maximum absolute atomic E-state index is 10.1. The highest BCUT2D eigenvalue weighted by Gasteiger charge is 2.40. The molecule has 0 amide bonds. The predicted molar refractivity (Wildman–Crippen MR) is 113 cm³/mol. The summed E-state index contributed by atoms with van der Waals surface area (Å²) in [5, 5.41) is 28.6. The maximum Gasteiger partial charge on any atom is 0.114 e. The third kappa shape index (κ3) is 11.5. The van der Waals surface area contributed by atoms with Gasteiger partial charge in [0, 0.05) is 6.61 Å². The zero-order valence-electron chi connectivity index (χ0n) is 17.9. The zero-order valence-corrected chi connectivity index (χ0v) is 17.9. The van der Waals surface area contributed by atoms with Crippen LogP contribution in [0.3, 0.4) is 0 Å². The van der Waals surface area contributed by atoms with Crippen molar-refractivity contribution in [2.24, 2.45) is 0 Å². The van der Waals surface area contributed by atoms with Gasteiger partial charge in [0.1, 0.15) is 24.4 Å². The van der Waals surface area contributed by atoms with Crippen LogP contribution in [0.4, 0.5) is 0 Å². The van der Waals surface area contributed by atoms with Gasteiger partial charge in [-0.25, -0.2) is 0 Å². The number of allylic oxidation sites excluding steroid dienone is 2. The first-order valence-electron chi connectivity index (χ1n) is 11.6. The third-order valence-corrected chi connectivity index (χ3v) is 5.46. The van der Waals surface area contributed by atoms with Crippen molar-refractivity contribution in [3.05, 3.63) is 12.2 Å². The molecule has 0 spiro atoms. The van der Waals surface area contributed by atoms with Crippen molar-refractivity contribution in [3.8, 4) is 0 Å². The minimum Gasteiger partial charge on any atom is -0.394 e. The topological polar surface area (TPSA) is 79.2 Å². The molecule has 0 bridgehead atoms. The number of aliphatic hydroxyl groups is 3. The molecule has 1 fully saturated rings. The van der Waals surface area contributed by atoms with E-state index >= 15 is 0 Å². The summed E-state index contributed by atoms with van der Waals surface area (Å²) in [5.74, 6) is 0. The van der Waals surface area contributed by atoms with E-state index in [4.69, 9.17) is 14.6 Å². The maximum atomic E-state index is 10.1. The second-order valence-corrected chi connectivity index (χ2v) is 8.03. The van der Waals surface area contributed by atoms with E-state index in [2.05, 4.69) is 19.1 Å². The van der Waals surface area contributed by atoms with Crippen molar-refractivity contribution in [3.63, 3.8) is 0 Å². The minimum absolute atomic E-state index is 0.276. The lowest BCUT2D eigenvalue weighted by atomic mass is 10.1. The average Bonchev–Trinajstić information content (AvgIpc) is 3.07. The summed E-state index contributed by atoms with van der Waals surface area (Å²) in [6.45, 7) is 2.69. The number of rotatable bonds is 18. The van der Waals surface area contributed by atoms with Crippen molar-refractivity contribution in [1.29, 1.82) is 0 Å². The molecule has 5 nitrogen and oxygen atoms in total. The number of hydrogen-bond donors (Lipinski definition) is 3. The van der Waals surface area contributed by atoms with Gasteiger partial charge in [-0.05, 0) is 25.7 Å². The van der Waals surface area contributed by atoms with Crippen LogP contribution in [-0.4, -0.2) is 59.6 Å². The zero-order chi connectivity index (χ0) is 20.5. The summed E-state index contributed by atoms with van der Waals surface area (Å²) in [5.41, 5.74) is 0. The van der Waals surface area contributed by atoms with Crippen molar-refractivity contribution >= 4 is 0 Å². The molecule has 0 unspecified atom stereocenters. The quantitative estimate of drug-likeness (QED) is 0.238. The van der Waals surface area contributed by atoms with E-state index < -0.39 is 31.0 Å². The highest BCUT2D eigenvalue weighted by atomic mass is 16.6. The highest BCUT2D eigenvalue weighted by Crippen LogP contribution is 2.20. The SMILES string of the molecule is CCC/C=C/CCCCCCCCCCCCO[C@H]1CO[C@@H]([C@H](O)CO)[C@H]1O. The smallest absolute Gasteiger partial charge is 0.114 e. The van der Waals surface area contributed by atoms with E-state index in [-0.39, 0.29) is 6.61 Å². The van der Waals surface area contributed by atoms with Crippen LogP contribution >= 0.6 is 0 Å². The molecule has 5 heteroatoms. The number of ether oxygens (including phenoxy) is 2. The van der Waals surface area contributed by atoms with Crippen LogP contribution in [0.15, 0.2) is 12.2 Å². The molecule has 4 atom stereocenters. The molecule has 0 radical (unpaired) electrons. The van der Waals surface area contributed by atoms with Gasteiger partial charge in [0.15, 0.2) is 0 Å². The number of aliphatic hydroxyl groups excluding tert-OH is 3. The Kier molecular flexibility index (Phi) is 15.9. The summed E-state index contributed by atoms with van der Waals surface area (Å²) in [4.78, 5) is 0. The molecule has 1 saturated heterocycles. The highest BCUT2D eigenvalue weighted by molar-refractivity contribution is 4.88. The molecule has 0 aliphatic carbocycles. The molecule has 3 N–H and O–H groups in total. The van der Waals surface area contributed by atoms with Gasteiger partial charge in [0.05, 0.1) is 13.2 Å². The Morgan fingerprint density at radius 1 is 0.929 bits per heavy atom. The molecule has 166 valence electrons. The van der Waals surface area contributed by atoms with Gasteiger partial charge in [0.2, 0.25) is 0 Å². The van der Waals surface area contributed by atoms with E-state index in [1.54, 1.807) is 0 Å². The first kappa shape index (κ1) is 25.6. The molecule has 1 aliphatic rings. The minimum atomic E-state index is -1.05. The van der Waals surface area contributed by atoms with Gasteiger partial charge in [-0.15, -0.1) is 0 Å². The van der Waals surface area contributed by atoms with Crippen LogP contribution in [-0.2, 0) is 9.47 Å². The molecule has 0 saturated carbocycles. The Balaban J connectivity index is 1.82. The van der Waals surface area contributed by atoms with Crippen LogP contribution < -0.4 is 0 Å². The predicted octanol–water partition coefficient (Wildman–Crippen LogP) is 4.13. The lowest BCUT2D eigenvalue weighted by molar-refractivity contribution is -0.0730. The first-order valence-corrected chi connectivity index (χ1v) is 11.6. The van der Waals surface area contributed by atoms with E-state index in [1.165, 1.54) is 70.6 Å². The van der Waals surface area contributed by atoms with E-state index in [0.717, 1.165) is 12.8 Å². The lowest BCUT2D eigenvalue weighted by Gasteiger charge is -2.20. The summed E-state index contributed by atoms with van der Waals surface area (Å²) >= 11 is 0. The Hall–Kier alpha value is -0.460. The average molecular weight is 401 g/mol. The Bertz CT molecular complexity index is 374. The van der Waals surface area contributed by atoms with Crippen molar-refractivity contribution in [2.75, 3.05) is 19.8 Å². The van der Waals surface area contributed by atoms with Crippen LogP contribution in [0.25, 0.3) is 0 Å². The normalized spacial score (nSPS) is 23.6. The fourth-order valence-electron chi connectivity index (χ4n) is 3.62. The Morgan fingerprint density at radius 2 is 1.50 bits per heavy atom. The lowest BCUT2D eigenvalue weighted by Crippen LogP contribution is -2.41. The summed E-state index contributed by atoms with van der Waals surface area (Å²) < 4.78 is 11.0. The van der Waals surface area contributed by atoms with Gasteiger partial charge in [-0.2, -0.15) is 0 Å². The molecule has 28 heavy (non-hydrogen) atoms. The second kappa shape index (κ2) is 17.4. The van der Waals surface area contributed by atoms with Crippen molar-refractivity contribution < 1.29 is 24.8 Å². The van der Waals surface area contributed by atoms with E-state index in [0.29, 0.717) is 6.61 Å². The largest absolute Gasteiger partial charge is 0.394 e. The molecule has 0 aromatic rings. The fourth-order valence-corrected chi connectivity index (χ4v) is 3.62. The van der Waals surface area contributed by atoms with E-state index in [9.17, 15) is 10.2 Å². The molecular weight excluding hydrogens is 356 g/mol. The number of unbranched alkanes of at least 4 members (excludes halogenated alkanes) is 11. The van der Waals surface area contributed by atoms with Crippen LogP contribution in [0.2, 0.25) is 0 Å². The standard InChI is InChI=1S/C23H44O5/c1-2-3-4-5-6-7-8-9-10-11-12-13-14-15-16-17-27-21-19-28-23(22(21)26)20(25)18-24/h4-5,20-26H,2-3,6-19H2,1H3/b5-4+/t20-,21+,22+,23+/m1/s1. The van der Waals surface area contributed by atoms with Crippen LogP contribution in [0.1, 0.15) is 90.4 Å². The van der Waals surface area contributed by atoms with Gasteiger partial charge < -0.3 is 24.8 Å². The monoisotopic (exact) mass is 400 g/mol. The van der Waals surface area contributed by atoms with Crippen molar-refractivity contribution in [2.45, 2.75) is 115 Å². The van der Waals surface area contributed by atoms with Gasteiger partial charge in [0.25, 0.3) is 0 Å². The summed E-state index contributed by atoms with van der Waals surface area (Å²) in [7, 11) is 0. The molecular formula is C23H44O5. The fraction of sp³-hybridized carbons (Fsp3) is 0.913. The van der Waals surface area contributed by atoms with Gasteiger partial charge >= 0.3 is 0 Å². The second-order valence-electron chi connectivity index (χ2n) is 8.03. The first-order chi connectivity index (χ1) is 13.7. The molecule has 0 aromatic carbocycles. The Morgan fingerprint density at radius 3 is 2.11 bits per heavy atom. The van der Waals surface area contributed by atoms with Crippen LogP contribution in [0, 0.1) is 0 Å². The van der Waals surface area contributed by atoms with E-state index in [1.807, 2.05) is 0 Å².